The monoisotopic (exact) mass is 159 g/mol. The lowest BCUT2D eigenvalue weighted by molar-refractivity contribution is -0.162. The highest BCUT2D eigenvalue weighted by molar-refractivity contribution is 6.52. The molecular weight excluding hydrogens is 148 g/mol. The highest BCUT2D eigenvalue weighted by Crippen LogP contribution is 2.16. The standard InChI is InChI=1S/C6H11O3Si/c1-6(2)5(7)9-10(3)4-8-6/h4H2,1-3H3. The second-order valence-electron chi connectivity index (χ2n) is 2.89. The van der Waals surface area contributed by atoms with Gasteiger partial charge in [0.05, 0.1) is 6.23 Å². The van der Waals surface area contributed by atoms with E-state index in [2.05, 4.69) is 0 Å². The first-order chi connectivity index (χ1) is 4.52. The van der Waals surface area contributed by atoms with E-state index in [4.69, 9.17) is 9.16 Å². The van der Waals surface area contributed by atoms with Gasteiger partial charge in [0.25, 0.3) is 0 Å². The van der Waals surface area contributed by atoms with Crippen molar-refractivity contribution >= 4 is 15.0 Å². The Hall–Kier alpha value is -0.353. The number of rotatable bonds is 0. The van der Waals surface area contributed by atoms with Gasteiger partial charge >= 0.3 is 15.0 Å². The molecular formula is C6H11O3Si. The summed E-state index contributed by atoms with van der Waals surface area (Å²) in [7, 11) is -0.984. The highest BCUT2D eigenvalue weighted by atomic mass is 28.3. The molecule has 4 heteroatoms. The summed E-state index contributed by atoms with van der Waals surface area (Å²) >= 11 is 0. The van der Waals surface area contributed by atoms with Gasteiger partial charge in [0.2, 0.25) is 0 Å². The molecule has 0 aromatic carbocycles. The van der Waals surface area contributed by atoms with E-state index in [1.807, 2.05) is 6.55 Å². The summed E-state index contributed by atoms with van der Waals surface area (Å²) in [4.78, 5) is 11.0. The number of hydrogen-bond donors (Lipinski definition) is 0. The van der Waals surface area contributed by atoms with E-state index in [9.17, 15) is 4.79 Å². The van der Waals surface area contributed by atoms with E-state index >= 15 is 0 Å². The van der Waals surface area contributed by atoms with Crippen LogP contribution >= 0.6 is 0 Å². The fourth-order valence-electron chi connectivity index (χ4n) is 0.652. The Balaban J connectivity index is 2.61. The van der Waals surface area contributed by atoms with Crippen LogP contribution in [0.2, 0.25) is 6.55 Å². The van der Waals surface area contributed by atoms with E-state index < -0.39 is 14.6 Å². The van der Waals surface area contributed by atoms with Crippen molar-refractivity contribution in [1.82, 2.24) is 0 Å². The average Bonchev–Trinajstić information content (AvgIpc) is 1.81. The fourth-order valence-corrected chi connectivity index (χ4v) is 1.84. The fraction of sp³-hybridized carbons (Fsp3) is 0.833. The summed E-state index contributed by atoms with van der Waals surface area (Å²) < 4.78 is 10.3. The summed E-state index contributed by atoms with van der Waals surface area (Å²) in [6, 6.07) is 0. The molecule has 1 aliphatic rings. The Morgan fingerprint density at radius 2 is 2.20 bits per heavy atom. The topological polar surface area (TPSA) is 35.5 Å². The van der Waals surface area contributed by atoms with Crippen LogP contribution in [-0.2, 0) is 14.0 Å². The summed E-state index contributed by atoms with van der Waals surface area (Å²) in [6.45, 7) is 5.37. The quantitative estimate of drug-likeness (QED) is 0.483. The third kappa shape index (κ3) is 1.38. The lowest BCUT2D eigenvalue weighted by atomic mass is 10.1. The Labute approximate surface area is 62.0 Å². The van der Waals surface area contributed by atoms with Crippen LogP contribution in [0.1, 0.15) is 13.8 Å². The number of carbonyl (C=O) groups excluding carboxylic acids is 1. The van der Waals surface area contributed by atoms with Crippen LogP contribution in [0, 0.1) is 0 Å². The lowest BCUT2D eigenvalue weighted by Gasteiger charge is -2.30. The van der Waals surface area contributed by atoms with Gasteiger partial charge in [-0.15, -0.1) is 0 Å². The van der Waals surface area contributed by atoms with Crippen molar-refractivity contribution in [2.75, 3.05) is 6.23 Å². The molecule has 1 heterocycles. The van der Waals surface area contributed by atoms with Gasteiger partial charge in [-0.1, -0.05) is 0 Å². The number of carbonyl (C=O) groups is 1. The second-order valence-corrected chi connectivity index (χ2v) is 4.79. The van der Waals surface area contributed by atoms with Crippen molar-refractivity contribution in [2.24, 2.45) is 0 Å². The average molecular weight is 159 g/mol. The van der Waals surface area contributed by atoms with Gasteiger partial charge in [0, 0.05) is 0 Å². The zero-order valence-electron chi connectivity index (χ0n) is 6.43. The molecule has 0 atom stereocenters. The number of hydrogen-bond acceptors (Lipinski definition) is 3. The maximum absolute atomic E-state index is 11.0. The Morgan fingerprint density at radius 1 is 1.60 bits per heavy atom. The first-order valence-electron chi connectivity index (χ1n) is 3.21. The highest BCUT2D eigenvalue weighted by Gasteiger charge is 2.37. The summed E-state index contributed by atoms with van der Waals surface area (Å²) in [5, 5.41) is 0. The van der Waals surface area contributed by atoms with Crippen LogP contribution in [-0.4, -0.2) is 26.8 Å². The van der Waals surface area contributed by atoms with E-state index in [0.29, 0.717) is 6.23 Å². The number of ether oxygens (including phenoxy) is 1. The van der Waals surface area contributed by atoms with Gasteiger partial charge in [-0.05, 0) is 20.4 Å². The van der Waals surface area contributed by atoms with Crippen molar-refractivity contribution in [3.05, 3.63) is 0 Å². The first kappa shape index (κ1) is 7.75. The largest absolute Gasteiger partial charge is 0.513 e. The minimum atomic E-state index is -0.984. The van der Waals surface area contributed by atoms with Crippen LogP contribution in [0.15, 0.2) is 0 Å². The van der Waals surface area contributed by atoms with Crippen molar-refractivity contribution in [2.45, 2.75) is 26.0 Å². The van der Waals surface area contributed by atoms with Gasteiger partial charge in [0.15, 0.2) is 5.60 Å². The molecule has 1 fully saturated rings. The molecule has 0 unspecified atom stereocenters. The molecule has 0 amide bonds. The van der Waals surface area contributed by atoms with Crippen LogP contribution < -0.4 is 0 Å². The van der Waals surface area contributed by atoms with Crippen molar-refractivity contribution < 1.29 is 14.0 Å². The van der Waals surface area contributed by atoms with Gasteiger partial charge < -0.3 is 9.16 Å². The minimum Gasteiger partial charge on any atom is -0.513 e. The summed E-state index contributed by atoms with van der Waals surface area (Å²) in [5.74, 6) is -0.227. The van der Waals surface area contributed by atoms with Crippen LogP contribution in [0.5, 0.6) is 0 Å². The van der Waals surface area contributed by atoms with Gasteiger partial charge in [-0.3, -0.25) is 4.79 Å². The van der Waals surface area contributed by atoms with E-state index in [-0.39, 0.29) is 5.97 Å². The van der Waals surface area contributed by atoms with Gasteiger partial charge in [-0.25, -0.2) is 0 Å². The van der Waals surface area contributed by atoms with Crippen molar-refractivity contribution in [3.8, 4) is 0 Å². The Morgan fingerprint density at radius 3 is 2.60 bits per heavy atom. The molecule has 3 nitrogen and oxygen atoms in total. The SMILES string of the molecule is C[Si]1COC(C)(C)C(=O)O1. The maximum Gasteiger partial charge on any atom is 0.324 e. The van der Waals surface area contributed by atoms with Crippen LogP contribution in [0.3, 0.4) is 0 Å². The van der Waals surface area contributed by atoms with Crippen LogP contribution in [0.4, 0.5) is 0 Å². The van der Waals surface area contributed by atoms with E-state index in [1.54, 1.807) is 13.8 Å². The second kappa shape index (κ2) is 2.36. The normalized spacial score (nSPS) is 26.1. The first-order valence-corrected chi connectivity index (χ1v) is 5.32. The zero-order chi connectivity index (χ0) is 7.78. The molecule has 0 bridgehead atoms. The summed E-state index contributed by atoms with van der Waals surface area (Å²) in [6.07, 6.45) is 0.601. The Bertz CT molecular complexity index is 155. The Kier molecular flexibility index (Phi) is 1.83. The van der Waals surface area contributed by atoms with Gasteiger partial charge in [-0.2, -0.15) is 0 Å². The molecule has 10 heavy (non-hydrogen) atoms. The minimum absolute atomic E-state index is 0.227. The summed E-state index contributed by atoms with van der Waals surface area (Å²) in [5.41, 5.74) is -0.718. The molecule has 0 aromatic rings. The van der Waals surface area contributed by atoms with Gasteiger partial charge in [0.1, 0.15) is 0 Å². The molecule has 57 valence electrons. The third-order valence-corrected chi connectivity index (χ3v) is 2.48. The van der Waals surface area contributed by atoms with Crippen LogP contribution in [0.25, 0.3) is 0 Å². The third-order valence-electron chi connectivity index (χ3n) is 1.39. The predicted octanol–water partition coefficient (Wildman–Crippen LogP) is 0.499. The predicted molar refractivity (Wildman–Crippen MR) is 37.7 cm³/mol. The molecule has 1 rings (SSSR count). The zero-order valence-corrected chi connectivity index (χ0v) is 7.43. The van der Waals surface area contributed by atoms with E-state index in [0.717, 1.165) is 0 Å². The molecule has 1 radical (unpaired) electrons. The molecule has 0 aliphatic carbocycles. The lowest BCUT2D eigenvalue weighted by Crippen LogP contribution is -2.47. The van der Waals surface area contributed by atoms with Crippen molar-refractivity contribution in [1.29, 1.82) is 0 Å². The molecule has 1 aliphatic heterocycles. The molecule has 0 saturated carbocycles. The smallest absolute Gasteiger partial charge is 0.324 e. The maximum atomic E-state index is 11.0. The van der Waals surface area contributed by atoms with Crippen molar-refractivity contribution in [3.63, 3.8) is 0 Å². The molecule has 0 spiro atoms. The van der Waals surface area contributed by atoms with E-state index in [1.165, 1.54) is 0 Å². The molecule has 0 aromatic heterocycles. The molecule has 1 saturated heterocycles. The molecule has 0 N–H and O–H groups in total.